The molecule has 0 spiro atoms. The highest BCUT2D eigenvalue weighted by atomic mass is 16.5. The fourth-order valence-corrected chi connectivity index (χ4v) is 2.76. The highest BCUT2D eigenvalue weighted by molar-refractivity contribution is 5.68. The van der Waals surface area contributed by atoms with E-state index in [1.807, 2.05) is 19.9 Å². The van der Waals surface area contributed by atoms with Gasteiger partial charge in [0.25, 0.3) is 0 Å². The van der Waals surface area contributed by atoms with E-state index in [2.05, 4.69) is 14.9 Å². The lowest BCUT2D eigenvalue weighted by Gasteiger charge is -2.44. The summed E-state index contributed by atoms with van der Waals surface area (Å²) in [4.78, 5) is 24.0. The molecule has 2 heterocycles. The van der Waals surface area contributed by atoms with E-state index in [4.69, 9.17) is 4.74 Å². The number of carbonyl (C=O) groups is 1. The fourth-order valence-electron chi connectivity index (χ4n) is 2.76. The van der Waals surface area contributed by atoms with Gasteiger partial charge < -0.3 is 19.6 Å². The number of amides is 1. The van der Waals surface area contributed by atoms with E-state index in [9.17, 15) is 9.90 Å². The lowest BCUT2D eigenvalue weighted by Crippen LogP contribution is -2.58. The standard InChI is InChI=1S/C14H22N4O3/c1-9-7-17(14(20)21-4)8-10(2)18(9)12-5-6-15-13(16-12)11(3)19/h5-6,9-11,19H,7-8H2,1-4H3/t9-,10+,11-/m1/s1. The molecule has 1 N–H and O–H groups in total. The van der Waals surface area contributed by atoms with Crippen LogP contribution in [0, 0.1) is 0 Å². The van der Waals surface area contributed by atoms with Crippen molar-refractivity contribution in [3.63, 3.8) is 0 Å². The fraction of sp³-hybridized carbons (Fsp3) is 0.643. The second-order valence-electron chi connectivity index (χ2n) is 5.43. The van der Waals surface area contributed by atoms with Gasteiger partial charge in [-0.3, -0.25) is 0 Å². The Balaban J connectivity index is 2.21. The summed E-state index contributed by atoms with van der Waals surface area (Å²) in [7, 11) is 1.39. The first kappa shape index (κ1) is 15.5. The Hall–Kier alpha value is -1.89. The summed E-state index contributed by atoms with van der Waals surface area (Å²) in [6.07, 6.45) is 0.642. The van der Waals surface area contributed by atoms with Crippen LogP contribution >= 0.6 is 0 Å². The summed E-state index contributed by atoms with van der Waals surface area (Å²) in [6, 6.07) is 2.03. The third-order valence-electron chi connectivity index (χ3n) is 3.65. The van der Waals surface area contributed by atoms with Crippen molar-refractivity contribution in [3.05, 3.63) is 18.1 Å². The SMILES string of the molecule is COC(=O)N1C[C@@H](C)N(c2ccnc([C@@H](C)O)n2)[C@@H](C)C1. The van der Waals surface area contributed by atoms with Crippen LogP contribution in [0.15, 0.2) is 12.3 Å². The van der Waals surface area contributed by atoms with E-state index >= 15 is 0 Å². The molecule has 1 aromatic heterocycles. The molecule has 1 amide bonds. The van der Waals surface area contributed by atoms with Gasteiger partial charge in [0, 0.05) is 31.4 Å². The van der Waals surface area contributed by atoms with Crippen LogP contribution in [0.25, 0.3) is 0 Å². The van der Waals surface area contributed by atoms with Gasteiger partial charge in [0.2, 0.25) is 0 Å². The average Bonchev–Trinajstić information content (AvgIpc) is 2.45. The number of aromatic nitrogens is 2. The van der Waals surface area contributed by atoms with E-state index in [1.54, 1.807) is 18.0 Å². The molecule has 1 aliphatic rings. The Morgan fingerprint density at radius 2 is 2.05 bits per heavy atom. The van der Waals surface area contributed by atoms with Crippen molar-refractivity contribution in [2.75, 3.05) is 25.1 Å². The monoisotopic (exact) mass is 294 g/mol. The Bertz CT molecular complexity index is 497. The molecule has 1 aromatic rings. The molecule has 2 rings (SSSR count). The van der Waals surface area contributed by atoms with Crippen LogP contribution in [-0.4, -0.2) is 58.4 Å². The molecule has 0 saturated carbocycles. The zero-order valence-electron chi connectivity index (χ0n) is 12.9. The zero-order chi connectivity index (χ0) is 15.6. The predicted octanol–water partition coefficient (Wildman–Crippen LogP) is 1.20. The van der Waals surface area contributed by atoms with Crippen molar-refractivity contribution in [1.29, 1.82) is 0 Å². The first-order chi connectivity index (χ1) is 9.93. The maximum Gasteiger partial charge on any atom is 0.409 e. The quantitative estimate of drug-likeness (QED) is 0.883. The number of aliphatic hydroxyl groups is 1. The third kappa shape index (κ3) is 3.24. The number of anilines is 1. The minimum atomic E-state index is -0.702. The van der Waals surface area contributed by atoms with Crippen molar-refractivity contribution in [3.8, 4) is 0 Å². The molecule has 21 heavy (non-hydrogen) atoms. The summed E-state index contributed by atoms with van der Waals surface area (Å²) in [5.74, 6) is 1.17. The minimum Gasteiger partial charge on any atom is -0.453 e. The molecular weight excluding hydrogens is 272 g/mol. The van der Waals surface area contributed by atoms with Crippen LogP contribution in [0.3, 0.4) is 0 Å². The summed E-state index contributed by atoms with van der Waals surface area (Å²) >= 11 is 0. The van der Waals surface area contributed by atoms with Gasteiger partial charge in [-0.25, -0.2) is 14.8 Å². The molecule has 3 atom stereocenters. The Kier molecular flexibility index (Phi) is 4.62. The lowest BCUT2D eigenvalue weighted by molar-refractivity contribution is 0.109. The summed E-state index contributed by atoms with van der Waals surface area (Å²) in [5.41, 5.74) is 0. The van der Waals surface area contributed by atoms with Gasteiger partial charge in [0.15, 0.2) is 5.82 Å². The van der Waals surface area contributed by atoms with E-state index in [-0.39, 0.29) is 18.2 Å². The molecule has 1 saturated heterocycles. The molecule has 0 aliphatic carbocycles. The first-order valence-electron chi connectivity index (χ1n) is 7.06. The molecular formula is C14H22N4O3. The van der Waals surface area contributed by atoms with Crippen molar-refractivity contribution in [1.82, 2.24) is 14.9 Å². The van der Waals surface area contributed by atoms with E-state index in [0.717, 1.165) is 5.82 Å². The zero-order valence-corrected chi connectivity index (χ0v) is 12.9. The average molecular weight is 294 g/mol. The maximum absolute atomic E-state index is 11.7. The van der Waals surface area contributed by atoms with Crippen LogP contribution < -0.4 is 4.90 Å². The van der Waals surface area contributed by atoms with Crippen molar-refractivity contribution in [2.45, 2.75) is 39.0 Å². The number of aliphatic hydroxyl groups excluding tert-OH is 1. The molecule has 1 aliphatic heterocycles. The summed E-state index contributed by atoms with van der Waals surface area (Å²) in [5, 5.41) is 9.61. The first-order valence-corrected chi connectivity index (χ1v) is 7.06. The maximum atomic E-state index is 11.7. The van der Waals surface area contributed by atoms with E-state index in [1.165, 1.54) is 7.11 Å². The number of hydrogen-bond donors (Lipinski definition) is 1. The number of methoxy groups -OCH3 is 1. The molecule has 1 fully saturated rings. The number of ether oxygens (including phenoxy) is 1. The molecule has 0 unspecified atom stereocenters. The van der Waals surface area contributed by atoms with Crippen LogP contribution in [0.5, 0.6) is 0 Å². The van der Waals surface area contributed by atoms with Gasteiger partial charge in [-0.2, -0.15) is 0 Å². The largest absolute Gasteiger partial charge is 0.453 e. The molecule has 0 aromatic carbocycles. The molecule has 7 nitrogen and oxygen atoms in total. The van der Waals surface area contributed by atoms with Gasteiger partial charge in [-0.1, -0.05) is 0 Å². The number of piperazine rings is 1. The number of nitrogens with zero attached hydrogens (tertiary/aromatic N) is 4. The Morgan fingerprint density at radius 1 is 1.43 bits per heavy atom. The van der Waals surface area contributed by atoms with E-state index in [0.29, 0.717) is 18.9 Å². The van der Waals surface area contributed by atoms with Crippen molar-refractivity contribution in [2.24, 2.45) is 0 Å². The lowest BCUT2D eigenvalue weighted by atomic mass is 10.1. The number of carbonyl (C=O) groups excluding carboxylic acids is 1. The summed E-state index contributed by atoms with van der Waals surface area (Å²) in [6.45, 7) is 6.86. The molecule has 7 heteroatoms. The highest BCUT2D eigenvalue weighted by Gasteiger charge is 2.33. The van der Waals surface area contributed by atoms with Crippen LogP contribution in [0.4, 0.5) is 10.6 Å². The normalized spacial score (nSPS) is 23.9. The van der Waals surface area contributed by atoms with Crippen molar-refractivity contribution >= 4 is 11.9 Å². The van der Waals surface area contributed by atoms with Gasteiger partial charge in [-0.15, -0.1) is 0 Å². The summed E-state index contributed by atoms with van der Waals surface area (Å²) < 4.78 is 4.79. The number of rotatable bonds is 2. The Morgan fingerprint density at radius 3 is 2.57 bits per heavy atom. The van der Waals surface area contributed by atoms with Gasteiger partial charge in [-0.05, 0) is 26.8 Å². The Labute approximate surface area is 124 Å². The number of hydrogen-bond acceptors (Lipinski definition) is 6. The van der Waals surface area contributed by atoms with Crippen LogP contribution in [0.1, 0.15) is 32.7 Å². The van der Waals surface area contributed by atoms with Gasteiger partial charge in [0.1, 0.15) is 11.9 Å². The molecule has 116 valence electrons. The topological polar surface area (TPSA) is 78.8 Å². The van der Waals surface area contributed by atoms with Crippen LogP contribution in [0.2, 0.25) is 0 Å². The smallest absolute Gasteiger partial charge is 0.409 e. The van der Waals surface area contributed by atoms with E-state index < -0.39 is 6.10 Å². The minimum absolute atomic E-state index is 0.101. The van der Waals surface area contributed by atoms with Crippen LogP contribution in [-0.2, 0) is 4.74 Å². The van der Waals surface area contributed by atoms with Gasteiger partial charge in [0.05, 0.1) is 7.11 Å². The van der Waals surface area contributed by atoms with Crippen molar-refractivity contribution < 1.29 is 14.6 Å². The molecule has 0 radical (unpaired) electrons. The highest BCUT2D eigenvalue weighted by Crippen LogP contribution is 2.23. The second kappa shape index (κ2) is 6.26. The predicted molar refractivity (Wildman–Crippen MR) is 78.0 cm³/mol. The molecule has 0 bridgehead atoms. The third-order valence-corrected chi connectivity index (χ3v) is 3.65. The second-order valence-corrected chi connectivity index (χ2v) is 5.43. The van der Waals surface area contributed by atoms with Gasteiger partial charge >= 0.3 is 6.09 Å².